The summed E-state index contributed by atoms with van der Waals surface area (Å²) in [7, 11) is 1.89. The third-order valence-electron chi connectivity index (χ3n) is 6.54. The molecule has 168 valence electrons. The highest BCUT2D eigenvalue weighted by Gasteiger charge is 2.37. The number of likely N-dealkylation sites (N-methyl/N-ethyl adjacent to an activating group) is 1. The van der Waals surface area contributed by atoms with Crippen LogP contribution in [0.2, 0.25) is 0 Å². The molecule has 2 aliphatic rings. The molecule has 1 unspecified atom stereocenters. The molecule has 0 bridgehead atoms. The average Bonchev–Trinajstić information content (AvgIpc) is 3.14. The van der Waals surface area contributed by atoms with Crippen molar-refractivity contribution in [1.29, 1.82) is 0 Å². The van der Waals surface area contributed by atoms with Crippen molar-refractivity contribution >= 4 is 16.9 Å². The summed E-state index contributed by atoms with van der Waals surface area (Å²) in [5, 5.41) is 42.4. The minimum Gasteiger partial charge on any atom is -0.507 e. The van der Waals surface area contributed by atoms with Crippen LogP contribution in [-0.2, 0) is 11.3 Å². The van der Waals surface area contributed by atoms with Crippen LogP contribution in [-0.4, -0.2) is 75.0 Å². The van der Waals surface area contributed by atoms with Gasteiger partial charge in [-0.15, -0.1) is 0 Å². The number of rotatable bonds is 4. The first-order valence-electron chi connectivity index (χ1n) is 10.5. The predicted octanol–water partition coefficient (Wildman–Crippen LogP) is 1.34. The van der Waals surface area contributed by atoms with Crippen molar-refractivity contribution in [3.05, 3.63) is 33.2 Å². The van der Waals surface area contributed by atoms with E-state index in [2.05, 4.69) is 0 Å². The van der Waals surface area contributed by atoms with E-state index in [1.54, 1.807) is 11.8 Å². The van der Waals surface area contributed by atoms with Crippen molar-refractivity contribution in [3.63, 3.8) is 0 Å². The van der Waals surface area contributed by atoms with E-state index in [1.807, 2.05) is 11.9 Å². The van der Waals surface area contributed by atoms with Gasteiger partial charge >= 0.3 is 5.97 Å². The van der Waals surface area contributed by atoms with Crippen molar-refractivity contribution in [2.24, 2.45) is 0 Å². The van der Waals surface area contributed by atoms with Gasteiger partial charge < -0.3 is 29.7 Å². The van der Waals surface area contributed by atoms with Gasteiger partial charge in [-0.1, -0.05) is 0 Å². The first kappa shape index (κ1) is 21.6. The van der Waals surface area contributed by atoms with E-state index >= 15 is 0 Å². The Morgan fingerprint density at radius 2 is 1.97 bits per heavy atom. The minimum absolute atomic E-state index is 0.0202. The van der Waals surface area contributed by atoms with Gasteiger partial charge in [0, 0.05) is 30.6 Å². The molecule has 0 aliphatic carbocycles. The Kier molecular flexibility index (Phi) is 5.67. The van der Waals surface area contributed by atoms with Gasteiger partial charge in [0.25, 0.3) is 0 Å². The van der Waals surface area contributed by atoms with Gasteiger partial charge in [-0.3, -0.25) is 14.5 Å². The van der Waals surface area contributed by atoms with E-state index in [0.29, 0.717) is 50.2 Å². The lowest BCUT2D eigenvalue weighted by atomic mass is 9.84. The van der Waals surface area contributed by atoms with Crippen molar-refractivity contribution in [2.45, 2.75) is 50.8 Å². The Balaban J connectivity index is 1.91. The number of aliphatic hydroxyl groups is 1. The fourth-order valence-electron chi connectivity index (χ4n) is 4.98. The summed E-state index contributed by atoms with van der Waals surface area (Å²) in [5.74, 6) is -1.76. The van der Waals surface area contributed by atoms with Gasteiger partial charge in [-0.2, -0.15) is 0 Å². The zero-order valence-corrected chi connectivity index (χ0v) is 17.7. The summed E-state index contributed by atoms with van der Waals surface area (Å²) in [6, 6.07) is 0.550. The van der Waals surface area contributed by atoms with Crippen LogP contribution in [0.25, 0.3) is 11.0 Å². The molecule has 4 rings (SSSR count). The Labute approximate surface area is 179 Å². The van der Waals surface area contributed by atoms with Crippen LogP contribution >= 0.6 is 0 Å². The molecule has 0 radical (unpaired) electrons. The number of carboxylic acids is 1. The molecule has 2 aliphatic heterocycles. The SMILES string of the molecule is Cc1cc(=O)c2c(O)c(CN3CCCC3C(=O)O)c(O)c([C@H]3CCN(C)C[C@H]3O)c2o1. The topological polar surface area (TPSA) is 135 Å². The normalized spacial score (nSPS) is 25.3. The zero-order valence-electron chi connectivity index (χ0n) is 17.7. The number of carbonyl (C=O) groups is 1. The van der Waals surface area contributed by atoms with Crippen LogP contribution in [0.3, 0.4) is 0 Å². The molecule has 2 saturated heterocycles. The van der Waals surface area contributed by atoms with Crippen molar-refractivity contribution < 1.29 is 29.6 Å². The zero-order chi connectivity index (χ0) is 22.4. The molecule has 9 heteroatoms. The third kappa shape index (κ3) is 3.77. The second-order valence-corrected chi connectivity index (χ2v) is 8.71. The number of carboxylic acid groups (broad SMARTS) is 1. The van der Waals surface area contributed by atoms with Crippen LogP contribution in [0.15, 0.2) is 15.3 Å². The number of aliphatic hydroxyl groups excluding tert-OH is 1. The Morgan fingerprint density at radius 1 is 1.23 bits per heavy atom. The van der Waals surface area contributed by atoms with Crippen LogP contribution in [0, 0.1) is 6.92 Å². The quantitative estimate of drug-likeness (QED) is 0.564. The predicted molar refractivity (Wildman–Crippen MR) is 112 cm³/mol. The second-order valence-electron chi connectivity index (χ2n) is 8.71. The van der Waals surface area contributed by atoms with Crippen LogP contribution < -0.4 is 5.43 Å². The summed E-state index contributed by atoms with van der Waals surface area (Å²) >= 11 is 0. The van der Waals surface area contributed by atoms with Crippen molar-refractivity contribution in [2.75, 3.05) is 26.7 Å². The number of nitrogens with zero attached hydrogens (tertiary/aromatic N) is 2. The number of likely N-dealkylation sites (tertiary alicyclic amines) is 2. The summed E-state index contributed by atoms with van der Waals surface area (Å²) in [6.07, 6.45) is 0.902. The van der Waals surface area contributed by atoms with E-state index in [0.717, 1.165) is 0 Å². The number of fused-ring (bicyclic) bond motifs is 1. The number of phenolic OH excluding ortho intramolecular Hbond substituents is 2. The largest absolute Gasteiger partial charge is 0.507 e. The van der Waals surface area contributed by atoms with E-state index in [-0.39, 0.29) is 28.8 Å². The Morgan fingerprint density at radius 3 is 2.65 bits per heavy atom. The fourth-order valence-corrected chi connectivity index (χ4v) is 4.98. The lowest BCUT2D eigenvalue weighted by Gasteiger charge is -2.35. The fraction of sp³-hybridized carbons (Fsp3) is 0.545. The second kappa shape index (κ2) is 8.14. The number of benzene rings is 1. The molecule has 0 amide bonds. The molecule has 1 aromatic heterocycles. The summed E-state index contributed by atoms with van der Waals surface area (Å²) < 4.78 is 5.80. The van der Waals surface area contributed by atoms with Gasteiger partial charge in [0.1, 0.15) is 34.3 Å². The highest BCUT2D eigenvalue weighted by molar-refractivity contribution is 5.90. The monoisotopic (exact) mass is 432 g/mol. The molecule has 0 saturated carbocycles. The van der Waals surface area contributed by atoms with Gasteiger partial charge in [-0.05, 0) is 46.3 Å². The molecule has 4 N–H and O–H groups in total. The molecule has 1 aromatic carbocycles. The smallest absolute Gasteiger partial charge is 0.320 e. The van der Waals surface area contributed by atoms with Crippen molar-refractivity contribution in [3.8, 4) is 11.5 Å². The maximum absolute atomic E-state index is 12.8. The minimum atomic E-state index is -0.960. The molecular formula is C22H28N2O7. The maximum atomic E-state index is 12.8. The maximum Gasteiger partial charge on any atom is 0.320 e. The van der Waals surface area contributed by atoms with Crippen LogP contribution in [0.4, 0.5) is 0 Å². The van der Waals surface area contributed by atoms with E-state index in [4.69, 9.17) is 4.42 Å². The third-order valence-corrected chi connectivity index (χ3v) is 6.54. The molecule has 2 fully saturated rings. The van der Waals surface area contributed by atoms with E-state index in [1.165, 1.54) is 6.07 Å². The molecule has 31 heavy (non-hydrogen) atoms. The number of aryl methyl sites for hydroxylation is 1. The lowest BCUT2D eigenvalue weighted by molar-refractivity contribution is -0.142. The summed E-state index contributed by atoms with van der Waals surface area (Å²) in [5.41, 5.74) is 0.0270. The highest BCUT2D eigenvalue weighted by Crippen LogP contribution is 2.45. The standard InChI is InChI=1S/C22H28N2O7/c1-11-8-15(25)18-20(28)13(9-24-6-3-4-14(24)22(29)30)19(27)17(21(18)31-11)12-5-7-23(2)10-16(12)26/h8,12,14,16,26-28H,3-7,9-10H2,1-2H3,(H,29,30)/t12-,14?,16+/m0/s1. The van der Waals surface area contributed by atoms with E-state index < -0.39 is 35.2 Å². The Bertz CT molecular complexity index is 1080. The Hall–Kier alpha value is -2.62. The molecule has 9 nitrogen and oxygen atoms in total. The number of hydrogen-bond acceptors (Lipinski definition) is 8. The number of phenols is 2. The molecular weight excluding hydrogens is 404 g/mol. The highest BCUT2D eigenvalue weighted by atomic mass is 16.4. The number of aliphatic carboxylic acids is 1. The first-order valence-corrected chi connectivity index (χ1v) is 10.5. The summed E-state index contributed by atoms with van der Waals surface area (Å²) in [6.45, 7) is 3.17. The van der Waals surface area contributed by atoms with Crippen molar-refractivity contribution in [1.82, 2.24) is 9.80 Å². The first-order chi connectivity index (χ1) is 14.7. The van der Waals surface area contributed by atoms with E-state index in [9.17, 15) is 30.0 Å². The van der Waals surface area contributed by atoms with Gasteiger partial charge in [0.15, 0.2) is 5.43 Å². The molecule has 0 spiro atoms. The molecule has 3 atom stereocenters. The number of aromatic hydroxyl groups is 2. The summed E-state index contributed by atoms with van der Waals surface area (Å²) in [4.78, 5) is 28.0. The van der Waals surface area contributed by atoms with Crippen LogP contribution in [0.5, 0.6) is 11.5 Å². The van der Waals surface area contributed by atoms with Gasteiger partial charge in [-0.25, -0.2) is 0 Å². The lowest BCUT2D eigenvalue weighted by Crippen LogP contribution is -2.40. The number of hydrogen-bond donors (Lipinski definition) is 4. The molecule has 2 aromatic rings. The van der Waals surface area contributed by atoms with Gasteiger partial charge in [0.2, 0.25) is 0 Å². The molecule has 3 heterocycles. The average molecular weight is 432 g/mol. The number of β-amino-alcohol motifs (C(OH)–C–C–N with tert-alkyl or cyclic N) is 1. The van der Waals surface area contributed by atoms with Crippen LogP contribution in [0.1, 0.15) is 42.1 Å². The van der Waals surface area contributed by atoms with Gasteiger partial charge in [0.05, 0.1) is 11.7 Å². The number of piperidine rings is 1.